The number of ether oxygens (including phenoxy) is 2. The molecule has 0 radical (unpaired) electrons. The summed E-state index contributed by atoms with van der Waals surface area (Å²) in [4.78, 5) is 0. The van der Waals surface area contributed by atoms with Crippen LogP contribution in [0.4, 0.5) is 0 Å². The van der Waals surface area contributed by atoms with Gasteiger partial charge in [-0.25, -0.2) is 0 Å². The average molecular weight is 905 g/mol. The third-order valence-corrected chi connectivity index (χ3v) is 13.4. The predicted molar refractivity (Wildman–Crippen MR) is 292 cm³/mol. The first-order chi connectivity index (χ1) is 33.7. The van der Waals surface area contributed by atoms with Crippen molar-refractivity contribution in [2.24, 2.45) is 0 Å². The van der Waals surface area contributed by atoms with Gasteiger partial charge < -0.3 is 18.6 Å². The molecule has 6 aromatic rings. The number of benzene rings is 4. The zero-order valence-corrected chi connectivity index (χ0v) is 41.8. The Labute approximate surface area is 410 Å². The minimum Gasteiger partial charge on any atom is -0.493 e. The summed E-state index contributed by atoms with van der Waals surface area (Å²) >= 11 is 0. The van der Waals surface area contributed by atoms with Gasteiger partial charge in [-0.15, -0.1) is 6.42 Å². The van der Waals surface area contributed by atoms with Crippen molar-refractivity contribution in [2.45, 2.75) is 188 Å². The quantitative estimate of drug-likeness (QED) is 0.0333. The highest BCUT2D eigenvalue weighted by Gasteiger charge is 2.22. The first-order valence-electron chi connectivity index (χ1n) is 26.6. The number of rotatable bonds is 30. The molecular formula is C64H76N2O2. The fourth-order valence-electron chi connectivity index (χ4n) is 9.78. The van der Waals surface area contributed by atoms with E-state index in [-0.39, 0.29) is 0 Å². The number of unbranched alkanes of at least 4 members (excludes halogenated alkanes) is 21. The van der Waals surface area contributed by atoms with Crippen molar-refractivity contribution < 1.29 is 9.47 Å². The molecule has 2 aromatic heterocycles. The van der Waals surface area contributed by atoms with E-state index in [1.807, 2.05) is 0 Å². The molecule has 0 aliphatic carbocycles. The number of hydrogen-bond acceptors (Lipinski definition) is 2. The normalized spacial score (nSPS) is 10.8. The molecule has 6 rings (SSSR count). The lowest BCUT2D eigenvalue weighted by atomic mass is 9.98. The fraction of sp³-hybridized carbons (Fsp3) is 0.469. The third-order valence-electron chi connectivity index (χ3n) is 13.4. The highest BCUT2D eigenvalue weighted by Crippen LogP contribution is 2.45. The van der Waals surface area contributed by atoms with Gasteiger partial charge in [-0.05, 0) is 67.2 Å². The van der Waals surface area contributed by atoms with E-state index in [9.17, 15) is 0 Å². The van der Waals surface area contributed by atoms with Gasteiger partial charge in [-0.2, -0.15) is 0 Å². The molecule has 0 N–H and O–H groups in total. The van der Waals surface area contributed by atoms with Crippen LogP contribution in [-0.2, 0) is 13.1 Å². The molecule has 0 unspecified atom stereocenters. The summed E-state index contributed by atoms with van der Waals surface area (Å²) in [5, 5.41) is 4.92. The average Bonchev–Trinajstić information content (AvgIpc) is 3.84. The summed E-state index contributed by atoms with van der Waals surface area (Å²) in [6.07, 6.45) is 38.7. The van der Waals surface area contributed by atoms with E-state index >= 15 is 0 Å². The Balaban J connectivity index is 1.42. The zero-order chi connectivity index (χ0) is 47.4. The maximum atomic E-state index is 6.98. The second-order valence-corrected chi connectivity index (χ2v) is 18.6. The van der Waals surface area contributed by atoms with E-state index in [2.05, 4.69) is 156 Å². The number of terminal acetylenes is 1. The van der Waals surface area contributed by atoms with E-state index < -0.39 is 0 Å². The largest absolute Gasteiger partial charge is 0.493 e. The van der Waals surface area contributed by atoms with Crippen LogP contribution in [0.15, 0.2) is 72.8 Å². The van der Waals surface area contributed by atoms with Crippen LogP contribution in [0.25, 0.3) is 54.7 Å². The molecule has 354 valence electrons. The maximum absolute atomic E-state index is 6.98. The van der Waals surface area contributed by atoms with Gasteiger partial charge in [0.15, 0.2) is 0 Å². The Hall–Kier alpha value is -6.12. The zero-order valence-electron chi connectivity index (χ0n) is 41.8. The predicted octanol–water partition coefficient (Wildman–Crippen LogP) is 17.4. The molecule has 4 nitrogen and oxygen atoms in total. The standard InChI is InChI=1S/C64H76N2O2/c1-5-9-13-17-21-25-29-37-45-65-59-43-35-33-41-53(59)55-49-57(63(51-61(55)65)67-47-39-31-27-23-19-15-11-7-3)58-50-56-54-42-34-36-44-60(54)66(46-38-30-26-22-18-14-10-6-2)62(56)52-64(58)68-48-40-32-28-24-20-16-12-8-4/h3,33-36,41-44,49-52H,5-6,8-10,12-14,16-18,20-22,24-26,28-30,32,37-38,40,45-46,48H2,1-2,4H3. The molecule has 4 heteroatoms. The number of nitrogens with zero attached hydrogens (tertiary/aromatic N) is 2. The summed E-state index contributed by atoms with van der Waals surface area (Å²) in [6.45, 7) is 9.43. The second kappa shape index (κ2) is 29.6. The van der Waals surface area contributed by atoms with E-state index in [0.717, 1.165) is 54.7 Å². The van der Waals surface area contributed by atoms with E-state index in [0.29, 0.717) is 12.4 Å². The van der Waals surface area contributed by atoms with Crippen LogP contribution in [0.2, 0.25) is 0 Å². The van der Waals surface area contributed by atoms with Gasteiger partial charge in [0.25, 0.3) is 0 Å². The first kappa shape index (κ1) is 51.3. The Kier molecular flexibility index (Phi) is 22.3. The lowest BCUT2D eigenvalue weighted by Gasteiger charge is -2.17. The van der Waals surface area contributed by atoms with Crippen molar-refractivity contribution in [1.29, 1.82) is 0 Å². The van der Waals surface area contributed by atoms with Crippen LogP contribution in [0, 0.1) is 59.9 Å². The van der Waals surface area contributed by atoms with Crippen LogP contribution in [0.5, 0.6) is 11.5 Å². The number of aryl methyl sites for hydroxylation is 2. The van der Waals surface area contributed by atoms with Crippen LogP contribution in [-0.4, -0.2) is 15.7 Å². The maximum Gasteiger partial charge on any atom is 0.150 e. The van der Waals surface area contributed by atoms with Gasteiger partial charge in [-0.1, -0.05) is 192 Å². The van der Waals surface area contributed by atoms with Gasteiger partial charge in [0.2, 0.25) is 0 Å². The van der Waals surface area contributed by atoms with Crippen molar-refractivity contribution in [3.8, 4) is 82.5 Å². The Morgan fingerprint density at radius 3 is 1.28 bits per heavy atom. The SMILES string of the molecule is C#CC#CC#CC#CC#COc1cc2c(cc1-c1cc3c4ccccc4n(CCCCCCCCCC)c3cc1OCCCCCCCCCC)c1ccccc1n2CCCCCCCCCC. The molecule has 68 heavy (non-hydrogen) atoms. The first-order valence-corrected chi connectivity index (χ1v) is 26.6. The van der Waals surface area contributed by atoms with Crippen molar-refractivity contribution >= 4 is 43.6 Å². The Morgan fingerprint density at radius 2 is 0.794 bits per heavy atom. The lowest BCUT2D eigenvalue weighted by molar-refractivity contribution is 0.305. The molecule has 0 aliphatic rings. The molecule has 0 saturated heterocycles. The highest BCUT2D eigenvalue weighted by molar-refractivity contribution is 6.13. The second-order valence-electron chi connectivity index (χ2n) is 18.6. The van der Waals surface area contributed by atoms with Crippen molar-refractivity contribution in [3.63, 3.8) is 0 Å². The molecule has 0 fully saturated rings. The van der Waals surface area contributed by atoms with Gasteiger partial charge >= 0.3 is 0 Å². The van der Waals surface area contributed by atoms with E-state index in [1.165, 1.54) is 173 Å². The molecule has 0 atom stereocenters. The Morgan fingerprint density at radius 1 is 0.397 bits per heavy atom. The smallest absolute Gasteiger partial charge is 0.150 e. The lowest BCUT2D eigenvalue weighted by Crippen LogP contribution is -2.02. The molecule has 4 aromatic carbocycles. The number of para-hydroxylation sites is 2. The summed E-state index contributed by atoms with van der Waals surface area (Å²) in [6, 6.07) is 26.9. The fourth-order valence-corrected chi connectivity index (χ4v) is 9.78. The highest BCUT2D eigenvalue weighted by atomic mass is 16.5. The molecule has 0 spiro atoms. The van der Waals surface area contributed by atoms with Gasteiger partial charge in [0.05, 0.1) is 17.6 Å². The molecule has 0 bridgehead atoms. The summed E-state index contributed by atoms with van der Waals surface area (Å²) in [5.74, 6) is 22.7. The summed E-state index contributed by atoms with van der Waals surface area (Å²) < 4.78 is 18.5. The van der Waals surface area contributed by atoms with Crippen LogP contribution in [0.1, 0.15) is 175 Å². The topological polar surface area (TPSA) is 28.3 Å². The molecule has 2 heterocycles. The van der Waals surface area contributed by atoms with Crippen molar-refractivity contribution in [3.05, 3.63) is 72.8 Å². The summed E-state index contributed by atoms with van der Waals surface area (Å²) in [7, 11) is 0. The molecule has 0 saturated carbocycles. The molecular weight excluding hydrogens is 829 g/mol. The van der Waals surface area contributed by atoms with Crippen LogP contribution in [0.3, 0.4) is 0 Å². The third kappa shape index (κ3) is 14.9. The summed E-state index contributed by atoms with van der Waals surface area (Å²) in [5.41, 5.74) is 6.83. The Bertz CT molecular complexity index is 2820. The van der Waals surface area contributed by atoms with Crippen molar-refractivity contribution in [1.82, 2.24) is 9.13 Å². The van der Waals surface area contributed by atoms with Crippen LogP contribution < -0.4 is 9.47 Å². The van der Waals surface area contributed by atoms with Gasteiger partial charge in [-0.3, -0.25) is 0 Å². The van der Waals surface area contributed by atoms with Gasteiger partial charge in [0.1, 0.15) is 17.6 Å². The van der Waals surface area contributed by atoms with E-state index in [4.69, 9.17) is 15.9 Å². The molecule has 0 amide bonds. The minimum atomic E-state index is 0.657. The van der Waals surface area contributed by atoms with Gasteiger partial charge in [0, 0.05) is 92.6 Å². The van der Waals surface area contributed by atoms with Crippen molar-refractivity contribution in [2.75, 3.05) is 6.61 Å². The number of hydrogen-bond donors (Lipinski definition) is 0. The monoisotopic (exact) mass is 905 g/mol. The minimum absolute atomic E-state index is 0.657. The number of fused-ring (bicyclic) bond motifs is 6. The molecule has 0 aliphatic heterocycles. The van der Waals surface area contributed by atoms with E-state index in [1.54, 1.807) is 0 Å². The number of aromatic nitrogens is 2. The van der Waals surface area contributed by atoms with Crippen LogP contribution >= 0.6 is 0 Å².